The zero-order chi connectivity index (χ0) is 17.9. The van der Waals surface area contributed by atoms with E-state index < -0.39 is 16.7 Å². The van der Waals surface area contributed by atoms with Gasteiger partial charge >= 0.3 is 6.18 Å². The Hall–Kier alpha value is -2.68. The van der Waals surface area contributed by atoms with Gasteiger partial charge in [0, 0.05) is 11.8 Å². The van der Waals surface area contributed by atoms with Crippen LogP contribution in [0.5, 0.6) is 0 Å². The zero-order valence-electron chi connectivity index (χ0n) is 12.3. The molecule has 0 heterocycles. The van der Waals surface area contributed by atoms with Crippen LogP contribution in [0.15, 0.2) is 42.5 Å². The van der Waals surface area contributed by atoms with Crippen LogP contribution in [-0.4, -0.2) is 10.0 Å². The fourth-order valence-corrected chi connectivity index (χ4v) is 2.18. The van der Waals surface area contributed by atoms with Crippen LogP contribution in [0.25, 0.3) is 0 Å². The lowest BCUT2D eigenvalue weighted by Crippen LogP contribution is -2.20. The molecule has 0 spiro atoms. The number of hydrogen-bond donors (Lipinski definition) is 2. The lowest BCUT2D eigenvalue weighted by molar-refractivity contribution is -0.383. The number of hydrogen-bond acceptors (Lipinski definition) is 3. The van der Waals surface area contributed by atoms with Crippen LogP contribution < -0.4 is 10.6 Å². The van der Waals surface area contributed by atoms with Crippen molar-refractivity contribution in [1.82, 2.24) is 0 Å². The standard InChI is InChI=1S/C15H12F3N3O2S/c1-9-5-6-12(13(7-9)21(22)23)20-14(24)19-11-4-2-3-10(8-11)15(16,17)18/h2-8H,1H3,(H2,19,20,24). The van der Waals surface area contributed by atoms with E-state index in [1.165, 1.54) is 24.3 Å². The molecule has 0 saturated carbocycles. The molecule has 2 aromatic rings. The maximum Gasteiger partial charge on any atom is 0.416 e. The fraction of sp³-hybridized carbons (Fsp3) is 0.133. The molecular formula is C15H12F3N3O2S. The first kappa shape index (κ1) is 17.7. The van der Waals surface area contributed by atoms with Crippen molar-refractivity contribution in [3.8, 4) is 0 Å². The van der Waals surface area contributed by atoms with Gasteiger partial charge in [-0.25, -0.2) is 0 Å². The Balaban J connectivity index is 2.16. The van der Waals surface area contributed by atoms with Gasteiger partial charge < -0.3 is 10.6 Å². The van der Waals surface area contributed by atoms with Crippen LogP contribution in [0, 0.1) is 17.0 Å². The fourth-order valence-electron chi connectivity index (χ4n) is 1.96. The number of thiocarbonyl (C=S) groups is 1. The van der Waals surface area contributed by atoms with E-state index in [9.17, 15) is 23.3 Å². The van der Waals surface area contributed by atoms with Gasteiger partial charge in [-0.2, -0.15) is 13.2 Å². The molecule has 0 bridgehead atoms. The molecule has 0 radical (unpaired) electrons. The number of nitro benzene ring substituents is 1. The van der Waals surface area contributed by atoms with Gasteiger partial charge in [-0.05, 0) is 49.0 Å². The van der Waals surface area contributed by atoms with Crippen LogP contribution in [-0.2, 0) is 6.18 Å². The summed E-state index contributed by atoms with van der Waals surface area (Å²) in [5, 5.41) is 16.2. The molecule has 0 aromatic heterocycles. The predicted octanol–water partition coefficient (Wildman–Crippen LogP) is 4.73. The summed E-state index contributed by atoms with van der Waals surface area (Å²) < 4.78 is 38.0. The normalized spacial score (nSPS) is 11.0. The number of nitrogens with one attached hydrogen (secondary N) is 2. The molecule has 2 N–H and O–H groups in total. The minimum Gasteiger partial charge on any atom is -0.332 e. The van der Waals surface area contributed by atoms with Gasteiger partial charge in [0.1, 0.15) is 5.69 Å². The number of rotatable bonds is 3. The average Bonchev–Trinajstić information content (AvgIpc) is 2.48. The number of anilines is 2. The summed E-state index contributed by atoms with van der Waals surface area (Å²) >= 11 is 5.01. The topological polar surface area (TPSA) is 67.2 Å². The predicted molar refractivity (Wildman–Crippen MR) is 89.1 cm³/mol. The highest BCUT2D eigenvalue weighted by molar-refractivity contribution is 7.80. The van der Waals surface area contributed by atoms with Crippen molar-refractivity contribution in [3.05, 3.63) is 63.7 Å². The summed E-state index contributed by atoms with van der Waals surface area (Å²) in [7, 11) is 0. The smallest absolute Gasteiger partial charge is 0.332 e. The Morgan fingerprint density at radius 2 is 1.88 bits per heavy atom. The first-order chi connectivity index (χ1) is 11.2. The third-order valence-corrected chi connectivity index (χ3v) is 3.25. The van der Waals surface area contributed by atoms with Gasteiger partial charge in [0.05, 0.1) is 10.5 Å². The quantitative estimate of drug-likeness (QED) is 0.473. The maximum absolute atomic E-state index is 12.7. The minimum absolute atomic E-state index is 0.0544. The van der Waals surface area contributed by atoms with E-state index in [1.807, 2.05) is 0 Å². The molecule has 5 nitrogen and oxygen atoms in total. The molecule has 9 heteroatoms. The van der Waals surface area contributed by atoms with E-state index in [2.05, 4.69) is 10.6 Å². The number of alkyl halides is 3. The van der Waals surface area contributed by atoms with Gasteiger partial charge in [-0.15, -0.1) is 0 Å². The molecule has 0 aliphatic heterocycles. The molecule has 0 saturated heterocycles. The van der Waals surface area contributed by atoms with Crippen molar-refractivity contribution in [2.75, 3.05) is 10.6 Å². The van der Waals surface area contributed by atoms with Crippen LogP contribution in [0.3, 0.4) is 0 Å². The molecule has 24 heavy (non-hydrogen) atoms. The summed E-state index contributed by atoms with van der Waals surface area (Å²) in [4.78, 5) is 10.5. The van der Waals surface area contributed by atoms with E-state index in [1.54, 1.807) is 13.0 Å². The summed E-state index contributed by atoms with van der Waals surface area (Å²) in [5.41, 5.74) is -0.0315. The largest absolute Gasteiger partial charge is 0.416 e. The Morgan fingerprint density at radius 3 is 2.50 bits per heavy atom. The van der Waals surface area contributed by atoms with Crippen LogP contribution in [0.1, 0.15) is 11.1 Å². The highest BCUT2D eigenvalue weighted by Gasteiger charge is 2.30. The van der Waals surface area contributed by atoms with E-state index in [-0.39, 0.29) is 22.2 Å². The minimum atomic E-state index is -4.47. The maximum atomic E-state index is 12.7. The van der Waals surface area contributed by atoms with Crippen molar-refractivity contribution in [1.29, 1.82) is 0 Å². The number of halogens is 3. The number of benzene rings is 2. The number of nitro groups is 1. The second kappa shape index (κ2) is 6.83. The first-order valence-electron chi connectivity index (χ1n) is 6.67. The molecule has 0 atom stereocenters. The third kappa shape index (κ3) is 4.42. The van der Waals surface area contributed by atoms with Gasteiger partial charge in [0.25, 0.3) is 5.69 Å². The lowest BCUT2D eigenvalue weighted by Gasteiger charge is -2.13. The number of aryl methyl sites for hydroxylation is 1. The molecule has 0 amide bonds. The Labute approximate surface area is 140 Å². The highest BCUT2D eigenvalue weighted by atomic mass is 32.1. The van der Waals surface area contributed by atoms with Crippen molar-refractivity contribution in [3.63, 3.8) is 0 Å². The summed E-state index contributed by atoms with van der Waals surface area (Å²) in [6.07, 6.45) is -4.47. The zero-order valence-corrected chi connectivity index (χ0v) is 13.2. The second-order valence-electron chi connectivity index (χ2n) is 4.94. The molecular weight excluding hydrogens is 343 g/mol. The van der Waals surface area contributed by atoms with Gasteiger partial charge in [-0.3, -0.25) is 10.1 Å². The van der Waals surface area contributed by atoms with Gasteiger partial charge in [0.2, 0.25) is 0 Å². The average molecular weight is 355 g/mol. The van der Waals surface area contributed by atoms with Crippen LogP contribution >= 0.6 is 12.2 Å². The second-order valence-corrected chi connectivity index (χ2v) is 5.34. The van der Waals surface area contributed by atoms with Crippen molar-refractivity contribution in [2.24, 2.45) is 0 Å². The Kier molecular flexibility index (Phi) is 5.03. The van der Waals surface area contributed by atoms with Crippen molar-refractivity contribution >= 4 is 34.4 Å². The van der Waals surface area contributed by atoms with Crippen LogP contribution in [0.2, 0.25) is 0 Å². The molecule has 0 unspecified atom stereocenters. The molecule has 2 rings (SSSR count). The molecule has 0 aliphatic carbocycles. The van der Waals surface area contributed by atoms with E-state index >= 15 is 0 Å². The SMILES string of the molecule is Cc1ccc(NC(=S)Nc2cccc(C(F)(F)F)c2)c([N+](=O)[O-])c1. The Bertz CT molecular complexity index is 794. The Morgan fingerprint density at radius 1 is 1.17 bits per heavy atom. The van der Waals surface area contributed by atoms with E-state index in [4.69, 9.17) is 12.2 Å². The monoisotopic (exact) mass is 355 g/mol. The summed E-state index contributed by atoms with van der Waals surface area (Å²) in [5.74, 6) is 0. The van der Waals surface area contributed by atoms with Crippen molar-refractivity contribution in [2.45, 2.75) is 13.1 Å². The molecule has 2 aromatic carbocycles. The summed E-state index contributed by atoms with van der Waals surface area (Å²) in [6.45, 7) is 1.70. The van der Waals surface area contributed by atoms with Crippen molar-refractivity contribution < 1.29 is 18.1 Å². The van der Waals surface area contributed by atoms with E-state index in [0.29, 0.717) is 5.56 Å². The summed E-state index contributed by atoms with van der Waals surface area (Å²) in [6, 6.07) is 8.99. The molecule has 0 aliphatic rings. The van der Waals surface area contributed by atoms with E-state index in [0.717, 1.165) is 12.1 Å². The number of nitrogens with zero attached hydrogens (tertiary/aromatic N) is 1. The van der Waals surface area contributed by atoms with Gasteiger partial charge in [0.15, 0.2) is 5.11 Å². The van der Waals surface area contributed by atoms with Gasteiger partial charge in [-0.1, -0.05) is 12.1 Å². The third-order valence-electron chi connectivity index (χ3n) is 3.05. The molecule has 126 valence electrons. The molecule has 0 fully saturated rings. The van der Waals surface area contributed by atoms with Crippen LogP contribution in [0.4, 0.5) is 30.2 Å². The lowest BCUT2D eigenvalue weighted by atomic mass is 10.2. The first-order valence-corrected chi connectivity index (χ1v) is 7.08. The highest BCUT2D eigenvalue weighted by Crippen LogP contribution is 2.31.